The quantitative estimate of drug-likeness (QED) is 0.366. The molecule has 0 unspecified atom stereocenters. The number of hydrogen-bond donors (Lipinski definition) is 0. The van der Waals surface area contributed by atoms with E-state index in [1.54, 1.807) is 0 Å². The Bertz CT molecular complexity index is 483. The maximum atomic E-state index is 13.7. The Morgan fingerprint density at radius 3 is 2.52 bits per heavy atom. The minimum atomic E-state index is -0.643. The van der Waals surface area contributed by atoms with Crippen LogP contribution >= 0.6 is 0 Å². The number of carbonyl (C=O) groups is 2. The number of unbranched alkanes of at least 4 members (excludes halogenated alkanes) is 4. The molecule has 0 radical (unpaired) electrons. The number of benzene rings is 1. The van der Waals surface area contributed by atoms with Crippen molar-refractivity contribution in [1.29, 1.82) is 0 Å². The molecule has 3 nitrogen and oxygen atoms in total. The van der Waals surface area contributed by atoms with Crippen LogP contribution in [0.1, 0.15) is 62.2 Å². The molecule has 0 saturated carbocycles. The third kappa shape index (κ3) is 5.66. The van der Waals surface area contributed by atoms with Crippen molar-refractivity contribution >= 4 is 11.6 Å². The zero-order valence-corrected chi connectivity index (χ0v) is 12.8. The first kappa shape index (κ1) is 17.3. The van der Waals surface area contributed by atoms with Crippen LogP contribution in [0.2, 0.25) is 0 Å². The van der Waals surface area contributed by atoms with Crippen LogP contribution in [-0.4, -0.2) is 18.7 Å². The molecule has 0 amide bonds. The van der Waals surface area contributed by atoms with Crippen LogP contribution in [0.5, 0.6) is 5.75 Å². The number of methoxy groups -OCH3 is 1. The van der Waals surface area contributed by atoms with Crippen LogP contribution in [0.4, 0.5) is 4.39 Å². The van der Waals surface area contributed by atoms with Gasteiger partial charge in [-0.2, -0.15) is 0 Å². The fourth-order valence-electron chi connectivity index (χ4n) is 2.23. The van der Waals surface area contributed by atoms with Gasteiger partial charge in [0.1, 0.15) is 17.3 Å². The third-order valence-electron chi connectivity index (χ3n) is 3.39. The van der Waals surface area contributed by atoms with Crippen LogP contribution in [0.25, 0.3) is 0 Å². The predicted octanol–water partition coefficient (Wildman–Crippen LogP) is 4.34. The molecule has 0 atom stereocenters. The predicted molar refractivity (Wildman–Crippen MR) is 80.3 cm³/mol. The van der Waals surface area contributed by atoms with Gasteiger partial charge in [-0.25, -0.2) is 4.39 Å². The second-order valence-corrected chi connectivity index (χ2v) is 5.12. The van der Waals surface area contributed by atoms with Crippen molar-refractivity contribution in [1.82, 2.24) is 0 Å². The first-order chi connectivity index (χ1) is 10.1. The molecule has 0 saturated heterocycles. The summed E-state index contributed by atoms with van der Waals surface area (Å²) in [5, 5.41) is 0. The highest BCUT2D eigenvalue weighted by Crippen LogP contribution is 2.23. The molecule has 1 aromatic carbocycles. The molecule has 0 aliphatic rings. The molecule has 0 fully saturated rings. The van der Waals surface area contributed by atoms with Gasteiger partial charge in [0.25, 0.3) is 0 Å². The Morgan fingerprint density at radius 1 is 1.14 bits per heavy atom. The molecule has 21 heavy (non-hydrogen) atoms. The van der Waals surface area contributed by atoms with Crippen molar-refractivity contribution in [2.75, 3.05) is 7.11 Å². The van der Waals surface area contributed by atoms with Crippen LogP contribution in [0.15, 0.2) is 18.2 Å². The van der Waals surface area contributed by atoms with Crippen molar-refractivity contribution in [3.05, 3.63) is 29.6 Å². The van der Waals surface area contributed by atoms with Gasteiger partial charge < -0.3 is 4.74 Å². The fourth-order valence-corrected chi connectivity index (χ4v) is 2.23. The van der Waals surface area contributed by atoms with Crippen molar-refractivity contribution in [3.8, 4) is 5.75 Å². The standard InChI is InChI=1S/C17H23FO3/c1-3-4-5-6-7-9-13(19)12-15(20)17-14(18)10-8-11-16(17)21-2/h8,10-11H,3-7,9,12H2,1-2H3. The van der Waals surface area contributed by atoms with E-state index in [0.717, 1.165) is 25.7 Å². The number of hydrogen-bond acceptors (Lipinski definition) is 3. The summed E-state index contributed by atoms with van der Waals surface area (Å²) in [5.74, 6) is -1.11. The SMILES string of the molecule is CCCCCCCC(=O)CC(=O)c1c(F)cccc1OC. The highest BCUT2D eigenvalue weighted by atomic mass is 19.1. The van der Waals surface area contributed by atoms with Crippen molar-refractivity contribution in [2.24, 2.45) is 0 Å². The number of carbonyl (C=O) groups excluding carboxylic acids is 2. The highest BCUT2D eigenvalue weighted by Gasteiger charge is 2.19. The minimum Gasteiger partial charge on any atom is -0.496 e. The molecule has 1 aromatic rings. The summed E-state index contributed by atoms with van der Waals surface area (Å²) in [4.78, 5) is 23.8. The second kappa shape index (κ2) is 9.27. The van der Waals surface area contributed by atoms with Gasteiger partial charge in [-0.05, 0) is 18.6 Å². The maximum Gasteiger partial charge on any atom is 0.176 e. The topological polar surface area (TPSA) is 43.4 Å². The number of rotatable bonds is 10. The van der Waals surface area contributed by atoms with Gasteiger partial charge in [0.2, 0.25) is 0 Å². The summed E-state index contributed by atoms with van der Waals surface area (Å²) in [6.07, 6.45) is 5.34. The number of Topliss-reactive ketones (excluding diaryl/α,β-unsaturated/α-hetero) is 2. The minimum absolute atomic E-state index is 0.126. The summed E-state index contributed by atoms with van der Waals surface area (Å²) >= 11 is 0. The van der Waals surface area contributed by atoms with E-state index in [1.165, 1.54) is 31.7 Å². The van der Waals surface area contributed by atoms with Gasteiger partial charge in [-0.1, -0.05) is 38.7 Å². The Labute approximate surface area is 125 Å². The summed E-state index contributed by atoms with van der Waals surface area (Å²) in [6.45, 7) is 2.13. The van der Waals surface area contributed by atoms with Gasteiger partial charge in [-0.15, -0.1) is 0 Å². The average molecular weight is 294 g/mol. The number of ketones is 2. The summed E-state index contributed by atoms with van der Waals surface area (Å²) < 4.78 is 18.7. The van der Waals surface area contributed by atoms with Gasteiger partial charge >= 0.3 is 0 Å². The van der Waals surface area contributed by atoms with E-state index < -0.39 is 11.6 Å². The zero-order chi connectivity index (χ0) is 15.7. The van der Waals surface area contributed by atoms with Crippen LogP contribution in [-0.2, 0) is 4.79 Å². The Balaban J connectivity index is 2.51. The van der Waals surface area contributed by atoms with Gasteiger partial charge in [-0.3, -0.25) is 9.59 Å². The molecule has 0 aromatic heterocycles. The average Bonchev–Trinajstić information content (AvgIpc) is 2.46. The summed E-state index contributed by atoms with van der Waals surface area (Å²) in [5.41, 5.74) is -0.126. The fraction of sp³-hybridized carbons (Fsp3) is 0.529. The Morgan fingerprint density at radius 2 is 1.86 bits per heavy atom. The van der Waals surface area contributed by atoms with Crippen molar-refractivity contribution in [2.45, 2.75) is 51.9 Å². The third-order valence-corrected chi connectivity index (χ3v) is 3.39. The van der Waals surface area contributed by atoms with Gasteiger partial charge in [0.15, 0.2) is 5.78 Å². The van der Waals surface area contributed by atoms with Crippen molar-refractivity contribution in [3.63, 3.8) is 0 Å². The first-order valence-corrected chi connectivity index (χ1v) is 7.47. The molecule has 1 rings (SSSR count). The monoisotopic (exact) mass is 294 g/mol. The van der Waals surface area contributed by atoms with E-state index in [4.69, 9.17) is 4.74 Å². The molecule has 0 aliphatic heterocycles. The van der Waals surface area contributed by atoms with E-state index in [-0.39, 0.29) is 23.5 Å². The lowest BCUT2D eigenvalue weighted by Crippen LogP contribution is -2.11. The van der Waals surface area contributed by atoms with Gasteiger partial charge in [0.05, 0.1) is 19.1 Å². The second-order valence-electron chi connectivity index (χ2n) is 5.12. The molecule has 4 heteroatoms. The molecule has 116 valence electrons. The lowest BCUT2D eigenvalue weighted by Gasteiger charge is -2.08. The smallest absolute Gasteiger partial charge is 0.176 e. The van der Waals surface area contributed by atoms with E-state index >= 15 is 0 Å². The highest BCUT2D eigenvalue weighted by molar-refractivity contribution is 6.09. The molecule has 0 heterocycles. The lowest BCUT2D eigenvalue weighted by molar-refractivity contribution is -0.118. The summed E-state index contributed by atoms with van der Waals surface area (Å²) in [7, 11) is 1.38. The van der Waals surface area contributed by atoms with E-state index in [2.05, 4.69) is 6.92 Å². The summed E-state index contributed by atoms with van der Waals surface area (Å²) in [6, 6.07) is 4.19. The molecule has 0 spiro atoms. The van der Waals surface area contributed by atoms with E-state index in [9.17, 15) is 14.0 Å². The molecule has 0 N–H and O–H groups in total. The van der Waals surface area contributed by atoms with Gasteiger partial charge in [0, 0.05) is 6.42 Å². The normalized spacial score (nSPS) is 10.4. The zero-order valence-electron chi connectivity index (χ0n) is 12.8. The lowest BCUT2D eigenvalue weighted by atomic mass is 10.0. The molecule has 0 aliphatic carbocycles. The van der Waals surface area contributed by atoms with E-state index in [0.29, 0.717) is 6.42 Å². The molecular weight excluding hydrogens is 271 g/mol. The van der Waals surface area contributed by atoms with Crippen LogP contribution in [0.3, 0.4) is 0 Å². The molecular formula is C17H23FO3. The largest absolute Gasteiger partial charge is 0.496 e. The first-order valence-electron chi connectivity index (χ1n) is 7.47. The Kier molecular flexibility index (Phi) is 7.65. The van der Waals surface area contributed by atoms with Crippen LogP contribution in [0, 0.1) is 5.82 Å². The van der Waals surface area contributed by atoms with Crippen molar-refractivity contribution < 1.29 is 18.7 Å². The number of ether oxygens (including phenoxy) is 1. The Hall–Kier alpha value is -1.71. The molecule has 0 bridgehead atoms. The maximum absolute atomic E-state index is 13.7. The number of halogens is 1. The van der Waals surface area contributed by atoms with E-state index in [1.807, 2.05) is 0 Å². The van der Waals surface area contributed by atoms with Crippen LogP contribution < -0.4 is 4.74 Å².